The van der Waals surface area contributed by atoms with Crippen molar-refractivity contribution in [3.05, 3.63) is 54.9 Å². The third kappa shape index (κ3) is 2.90. The van der Waals surface area contributed by atoms with E-state index in [0.717, 1.165) is 24.2 Å². The summed E-state index contributed by atoms with van der Waals surface area (Å²) in [6.07, 6.45) is 4.23. The lowest BCUT2D eigenvalue weighted by atomic mass is 10.3. The first-order valence-electron chi connectivity index (χ1n) is 7.67. The van der Waals surface area contributed by atoms with E-state index in [0.29, 0.717) is 11.0 Å². The Labute approximate surface area is 143 Å². The van der Waals surface area contributed by atoms with E-state index in [9.17, 15) is 4.79 Å². The van der Waals surface area contributed by atoms with Crippen LogP contribution in [0.25, 0.3) is 11.4 Å². The number of nitrogens with zero attached hydrogens (tertiary/aromatic N) is 4. The number of aromatic amines is 1. The van der Waals surface area contributed by atoms with Crippen LogP contribution >= 0.6 is 11.8 Å². The molecule has 2 aromatic heterocycles. The number of anilines is 1. The van der Waals surface area contributed by atoms with Gasteiger partial charge < -0.3 is 4.90 Å². The zero-order valence-electron chi connectivity index (χ0n) is 12.8. The minimum Gasteiger partial charge on any atom is -0.311 e. The number of nitrogens with one attached hydrogen (secondary N) is 1. The van der Waals surface area contributed by atoms with Crippen LogP contribution in [-0.4, -0.2) is 37.9 Å². The van der Waals surface area contributed by atoms with Gasteiger partial charge in [-0.1, -0.05) is 30.0 Å². The van der Waals surface area contributed by atoms with Crippen molar-refractivity contribution in [2.24, 2.45) is 0 Å². The van der Waals surface area contributed by atoms with Crippen molar-refractivity contribution in [2.75, 3.05) is 11.4 Å². The van der Waals surface area contributed by atoms with E-state index in [4.69, 9.17) is 0 Å². The molecule has 0 bridgehead atoms. The second-order valence-corrected chi connectivity index (χ2v) is 6.60. The molecule has 1 N–H and O–H groups in total. The molecule has 1 fully saturated rings. The van der Waals surface area contributed by atoms with E-state index >= 15 is 0 Å². The van der Waals surface area contributed by atoms with Gasteiger partial charge in [0.1, 0.15) is 0 Å². The highest BCUT2D eigenvalue weighted by Gasteiger charge is 2.34. The van der Waals surface area contributed by atoms with E-state index in [2.05, 4.69) is 20.2 Å². The van der Waals surface area contributed by atoms with Gasteiger partial charge in [0, 0.05) is 30.2 Å². The number of rotatable bonds is 4. The maximum atomic E-state index is 12.6. The Kier molecular flexibility index (Phi) is 4.00. The minimum atomic E-state index is -0.150. The van der Waals surface area contributed by atoms with Crippen molar-refractivity contribution in [1.82, 2.24) is 20.2 Å². The normalized spacial score (nSPS) is 17.4. The molecular weight excluding hydrogens is 322 g/mol. The Morgan fingerprint density at radius 2 is 2.04 bits per heavy atom. The van der Waals surface area contributed by atoms with Crippen LogP contribution in [0.4, 0.5) is 5.69 Å². The van der Waals surface area contributed by atoms with Crippen LogP contribution in [0.5, 0.6) is 0 Å². The van der Waals surface area contributed by atoms with Gasteiger partial charge in [0.2, 0.25) is 11.1 Å². The van der Waals surface area contributed by atoms with Crippen LogP contribution in [0.2, 0.25) is 0 Å². The fourth-order valence-corrected chi connectivity index (χ4v) is 3.63. The number of hydrogen-bond donors (Lipinski definition) is 1. The summed E-state index contributed by atoms with van der Waals surface area (Å²) in [5.74, 6) is 0.773. The highest BCUT2D eigenvalue weighted by molar-refractivity contribution is 8.00. The number of H-pyrrole nitrogens is 1. The summed E-state index contributed by atoms with van der Waals surface area (Å²) in [5, 5.41) is 7.56. The molecule has 0 unspecified atom stereocenters. The van der Waals surface area contributed by atoms with Gasteiger partial charge in [-0.3, -0.25) is 14.9 Å². The molecule has 1 aromatic carbocycles. The Bertz CT molecular complexity index is 836. The number of thioether (sulfide) groups is 1. The van der Waals surface area contributed by atoms with Gasteiger partial charge in [-0.25, -0.2) is 4.98 Å². The molecule has 1 aliphatic rings. The number of amides is 1. The molecule has 0 spiro atoms. The summed E-state index contributed by atoms with van der Waals surface area (Å²) < 4.78 is 0. The minimum absolute atomic E-state index is 0.110. The molecule has 1 atom stereocenters. The third-order valence-corrected chi connectivity index (χ3v) is 4.99. The topological polar surface area (TPSA) is 74.8 Å². The van der Waals surface area contributed by atoms with Gasteiger partial charge in [-0.2, -0.15) is 0 Å². The highest BCUT2D eigenvalue weighted by atomic mass is 32.2. The van der Waals surface area contributed by atoms with Gasteiger partial charge in [-0.15, -0.1) is 5.10 Å². The molecule has 1 aliphatic heterocycles. The van der Waals surface area contributed by atoms with E-state index < -0.39 is 0 Å². The summed E-state index contributed by atoms with van der Waals surface area (Å²) in [4.78, 5) is 23.0. The number of para-hydroxylation sites is 1. The van der Waals surface area contributed by atoms with Crippen LogP contribution in [0.15, 0.2) is 60.0 Å². The van der Waals surface area contributed by atoms with E-state index in [1.807, 2.05) is 47.4 Å². The molecule has 24 heavy (non-hydrogen) atoms. The zero-order chi connectivity index (χ0) is 16.4. The fraction of sp³-hybridized carbons (Fsp3) is 0.176. The first kappa shape index (κ1) is 14.9. The van der Waals surface area contributed by atoms with Gasteiger partial charge in [0.05, 0.1) is 5.25 Å². The van der Waals surface area contributed by atoms with Crippen LogP contribution in [0, 0.1) is 0 Å². The molecule has 6 nitrogen and oxygen atoms in total. The molecule has 3 heterocycles. The van der Waals surface area contributed by atoms with Gasteiger partial charge in [-0.05, 0) is 30.7 Å². The van der Waals surface area contributed by atoms with E-state index in [-0.39, 0.29) is 11.2 Å². The number of carbonyl (C=O) groups excluding carboxylic acids is 1. The predicted molar refractivity (Wildman–Crippen MR) is 92.7 cm³/mol. The molecule has 7 heteroatoms. The molecule has 0 saturated carbocycles. The maximum Gasteiger partial charge on any atom is 0.240 e. The number of hydrogen-bond acceptors (Lipinski definition) is 5. The monoisotopic (exact) mass is 337 g/mol. The number of aromatic nitrogens is 4. The highest BCUT2D eigenvalue weighted by Crippen LogP contribution is 2.32. The van der Waals surface area contributed by atoms with Crippen molar-refractivity contribution in [2.45, 2.75) is 16.8 Å². The maximum absolute atomic E-state index is 12.6. The van der Waals surface area contributed by atoms with Gasteiger partial charge >= 0.3 is 0 Å². The van der Waals surface area contributed by atoms with Crippen molar-refractivity contribution >= 4 is 23.4 Å². The lowest BCUT2D eigenvalue weighted by Crippen LogP contribution is -2.27. The van der Waals surface area contributed by atoms with Crippen molar-refractivity contribution in [3.8, 4) is 11.4 Å². The molecule has 4 rings (SSSR count). The molecule has 120 valence electrons. The van der Waals surface area contributed by atoms with Crippen LogP contribution < -0.4 is 4.90 Å². The van der Waals surface area contributed by atoms with Crippen molar-refractivity contribution in [1.29, 1.82) is 0 Å². The lowest BCUT2D eigenvalue weighted by molar-refractivity contribution is -0.116. The van der Waals surface area contributed by atoms with E-state index in [1.54, 1.807) is 12.4 Å². The van der Waals surface area contributed by atoms with Crippen molar-refractivity contribution < 1.29 is 4.79 Å². The second-order valence-electron chi connectivity index (χ2n) is 5.43. The third-order valence-electron chi connectivity index (χ3n) is 3.87. The lowest BCUT2D eigenvalue weighted by Gasteiger charge is -2.16. The standard InChI is InChI=1S/C17H15N5OS/c23-16-14(8-10-22(16)13-6-2-1-3-7-13)24-17-19-15(20-21-17)12-5-4-9-18-11-12/h1-7,9,11,14H,8,10H2,(H,19,20,21)/t14-/m0/s1. The Morgan fingerprint density at radius 3 is 2.83 bits per heavy atom. The average Bonchev–Trinajstić information content (AvgIpc) is 3.25. The number of pyridine rings is 1. The average molecular weight is 337 g/mol. The summed E-state index contributed by atoms with van der Waals surface area (Å²) >= 11 is 1.41. The molecule has 0 radical (unpaired) electrons. The smallest absolute Gasteiger partial charge is 0.240 e. The van der Waals surface area contributed by atoms with Gasteiger partial charge in [0.15, 0.2) is 5.82 Å². The molecule has 1 amide bonds. The molecule has 3 aromatic rings. The Balaban J connectivity index is 1.47. The van der Waals surface area contributed by atoms with Gasteiger partial charge in [0.25, 0.3) is 0 Å². The predicted octanol–water partition coefficient (Wildman–Crippen LogP) is 2.76. The Hall–Kier alpha value is -2.67. The van der Waals surface area contributed by atoms with Crippen molar-refractivity contribution in [3.63, 3.8) is 0 Å². The van der Waals surface area contributed by atoms with Crippen LogP contribution in [0.3, 0.4) is 0 Å². The number of carbonyl (C=O) groups is 1. The second kappa shape index (κ2) is 6.45. The summed E-state index contributed by atoms with van der Waals surface area (Å²) in [5.41, 5.74) is 1.82. The molecule has 1 saturated heterocycles. The van der Waals surface area contributed by atoms with Crippen LogP contribution in [0.1, 0.15) is 6.42 Å². The SMILES string of the molecule is O=C1[C@@H](Sc2n[nH]c(-c3cccnc3)n2)CCN1c1ccccc1. The summed E-state index contributed by atoms with van der Waals surface area (Å²) in [6, 6.07) is 13.5. The van der Waals surface area contributed by atoms with Crippen LogP contribution in [-0.2, 0) is 4.79 Å². The molecular formula is C17H15N5OS. The first-order valence-corrected chi connectivity index (χ1v) is 8.55. The quantitative estimate of drug-likeness (QED) is 0.792. The fourth-order valence-electron chi connectivity index (χ4n) is 2.69. The summed E-state index contributed by atoms with van der Waals surface area (Å²) in [7, 11) is 0. The molecule has 0 aliphatic carbocycles. The summed E-state index contributed by atoms with van der Waals surface area (Å²) in [6.45, 7) is 0.723. The number of benzene rings is 1. The largest absolute Gasteiger partial charge is 0.311 e. The Morgan fingerprint density at radius 1 is 1.17 bits per heavy atom. The van der Waals surface area contributed by atoms with E-state index in [1.165, 1.54) is 11.8 Å². The first-order chi connectivity index (χ1) is 11.8. The zero-order valence-corrected chi connectivity index (χ0v) is 13.6.